The summed E-state index contributed by atoms with van der Waals surface area (Å²) in [5, 5.41) is 3.40. The molecule has 1 aromatic rings. The van der Waals surface area contributed by atoms with Crippen LogP contribution in [0.4, 0.5) is 0 Å². The van der Waals surface area contributed by atoms with Gasteiger partial charge in [-0.15, -0.1) is 0 Å². The molecule has 1 aromatic carbocycles. The van der Waals surface area contributed by atoms with Gasteiger partial charge in [-0.05, 0) is 71.3 Å². The van der Waals surface area contributed by atoms with Crippen LogP contribution >= 0.6 is 0 Å². The lowest BCUT2D eigenvalue weighted by Crippen LogP contribution is -2.24. The number of nitrogens with zero attached hydrogens (tertiary/aromatic N) is 2. The Balaban J connectivity index is 2.44. The van der Waals surface area contributed by atoms with Gasteiger partial charge in [0.05, 0.1) is 0 Å². The second-order valence-corrected chi connectivity index (χ2v) is 5.77. The first-order valence-electron chi connectivity index (χ1n) is 7.74. The fourth-order valence-electron chi connectivity index (χ4n) is 2.38. The van der Waals surface area contributed by atoms with Crippen LogP contribution in [0.5, 0.6) is 0 Å². The molecule has 0 saturated carbocycles. The monoisotopic (exact) mass is 277 g/mol. The van der Waals surface area contributed by atoms with Crippen LogP contribution in [0.25, 0.3) is 0 Å². The molecule has 3 nitrogen and oxygen atoms in total. The molecule has 0 heterocycles. The summed E-state index contributed by atoms with van der Waals surface area (Å²) in [6.07, 6.45) is 2.35. The number of rotatable bonds is 10. The van der Waals surface area contributed by atoms with Crippen molar-refractivity contribution >= 4 is 0 Å². The van der Waals surface area contributed by atoms with Gasteiger partial charge < -0.3 is 15.1 Å². The molecular formula is C17H31N3. The summed E-state index contributed by atoms with van der Waals surface area (Å²) in [6.45, 7) is 7.64. The largest absolute Gasteiger partial charge is 0.317 e. The van der Waals surface area contributed by atoms with Crippen LogP contribution in [0, 0.1) is 0 Å². The van der Waals surface area contributed by atoms with E-state index in [9.17, 15) is 0 Å². The van der Waals surface area contributed by atoms with E-state index in [1.54, 1.807) is 0 Å². The molecule has 0 aliphatic carbocycles. The Morgan fingerprint density at radius 1 is 1.00 bits per heavy atom. The second kappa shape index (κ2) is 9.92. The van der Waals surface area contributed by atoms with Gasteiger partial charge >= 0.3 is 0 Å². The molecule has 0 aliphatic rings. The lowest BCUT2D eigenvalue weighted by Gasteiger charge is -2.20. The van der Waals surface area contributed by atoms with Crippen molar-refractivity contribution in [3.8, 4) is 0 Å². The first-order valence-corrected chi connectivity index (χ1v) is 7.74. The first-order chi connectivity index (χ1) is 9.63. The van der Waals surface area contributed by atoms with Gasteiger partial charge in [0.15, 0.2) is 0 Å². The van der Waals surface area contributed by atoms with Crippen LogP contribution in [-0.4, -0.2) is 57.1 Å². The molecule has 0 fully saturated rings. The van der Waals surface area contributed by atoms with Crippen LogP contribution in [0.2, 0.25) is 0 Å². The fraction of sp³-hybridized carbons (Fsp3) is 0.647. The number of benzene rings is 1. The summed E-state index contributed by atoms with van der Waals surface area (Å²) < 4.78 is 0. The molecule has 0 atom stereocenters. The maximum Gasteiger partial charge on any atom is 0.0233 e. The topological polar surface area (TPSA) is 18.5 Å². The van der Waals surface area contributed by atoms with Gasteiger partial charge in [0.2, 0.25) is 0 Å². The molecule has 0 spiro atoms. The van der Waals surface area contributed by atoms with E-state index < -0.39 is 0 Å². The van der Waals surface area contributed by atoms with E-state index in [1.165, 1.54) is 17.5 Å². The summed E-state index contributed by atoms with van der Waals surface area (Å²) in [5.74, 6) is 0. The van der Waals surface area contributed by atoms with E-state index >= 15 is 0 Å². The Bertz CT molecular complexity index is 363. The van der Waals surface area contributed by atoms with Gasteiger partial charge in [-0.25, -0.2) is 0 Å². The SMILES string of the molecule is CCNCCc1ccccc1CN(C)CCCN(C)C. The Morgan fingerprint density at radius 3 is 2.35 bits per heavy atom. The van der Waals surface area contributed by atoms with Crippen LogP contribution in [-0.2, 0) is 13.0 Å². The van der Waals surface area contributed by atoms with Gasteiger partial charge in [0.25, 0.3) is 0 Å². The smallest absolute Gasteiger partial charge is 0.0233 e. The highest BCUT2D eigenvalue weighted by atomic mass is 15.1. The highest BCUT2D eigenvalue weighted by Crippen LogP contribution is 2.11. The van der Waals surface area contributed by atoms with E-state index in [1.807, 2.05) is 0 Å². The van der Waals surface area contributed by atoms with Crippen molar-refractivity contribution < 1.29 is 0 Å². The minimum atomic E-state index is 1.05. The van der Waals surface area contributed by atoms with Gasteiger partial charge in [0, 0.05) is 6.54 Å². The summed E-state index contributed by atoms with van der Waals surface area (Å²) >= 11 is 0. The number of likely N-dealkylation sites (N-methyl/N-ethyl adjacent to an activating group) is 1. The van der Waals surface area contributed by atoms with Gasteiger partial charge in [-0.2, -0.15) is 0 Å². The summed E-state index contributed by atoms with van der Waals surface area (Å²) in [6, 6.07) is 8.83. The molecule has 114 valence electrons. The van der Waals surface area contributed by atoms with Gasteiger partial charge in [-0.1, -0.05) is 31.2 Å². The molecule has 1 N–H and O–H groups in total. The molecular weight excluding hydrogens is 246 g/mol. The van der Waals surface area contributed by atoms with Crippen molar-refractivity contribution in [3.05, 3.63) is 35.4 Å². The predicted molar refractivity (Wildman–Crippen MR) is 88.2 cm³/mol. The highest BCUT2D eigenvalue weighted by molar-refractivity contribution is 5.27. The van der Waals surface area contributed by atoms with Gasteiger partial charge in [-0.3, -0.25) is 0 Å². The third-order valence-corrected chi connectivity index (χ3v) is 3.52. The van der Waals surface area contributed by atoms with Crippen molar-refractivity contribution in [1.82, 2.24) is 15.1 Å². The van der Waals surface area contributed by atoms with E-state index in [-0.39, 0.29) is 0 Å². The fourth-order valence-corrected chi connectivity index (χ4v) is 2.38. The molecule has 3 heteroatoms. The summed E-state index contributed by atoms with van der Waals surface area (Å²) in [4.78, 5) is 4.67. The molecule has 0 aromatic heterocycles. The minimum absolute atomic E-state index is 1.05. The molecule has 0 radical (unpaired) electrons. The molecule has 0 aliphatic heterocycles. The van der Waals surface area contributed by atoms with Gasteiger partial charge in [0.1, 0.15) is 0 Å². The Labute approximate surface area is 125 Å². The van der Waals surface area contributed by atoms with Crippen molar-refractivity contribution in [3.63, 3.8) is 0 Å². The molecule has 0 amide bonds. The van der Waals surface area contributed by atoms with Crippen molar-refractivity contribution in [2.24, 2.45) is 0 Å². The Hall–Kier alpha value is -0.900. The second-order valence-electron chi connectivity index (χ2n) is 5.77. The highest BCUT2D eigenvalue weighted by Gasteiger charge is 2.05. The number of hydrogen-bond acceptors (Lipinski definition) is 3. The molecule has 1 rings (SSSR count). The van der Waals surface area contributed by atoms with Crippen molar-refractivity contribution in [2.45, 2.75) is 26.3 Å². The standard InChI is InChI=1S/C17H31N3/c1-5-18-12-11-16-9-6-7-10-17(16)15-20(4)14-8-13-19(2)3/h6-7,9-10,18H,5,8,11-15H2,1-4H3. The number of nitrogens with one attached hydrogen (secondary N) is 1. The van der Waals surface area contributed by atoms with Crippen molar-refractivity contribution in [2.75, 3.05) is 47.3 Å². The van der Waals surface area contributed by atoms with E-state index in [0.717, 1.165) is 39.1 Å². The third kappa shape index (κ3) is 7.04. The lowest BCUT2D eigenvalue weighted by atomic mass is 10.0. The average Bonchev–Trinajstić information content (AvgIpc) is 2.40. The summed E-state index contributed by atoms with van der Waals surface area (Å²) in [7, 11) is 6.49. The Kier molecular flexibility index (Phi) is 8.51. The normalized spacial score (nSPS) is 11.5. The molecule has 0 unspecified atom stereocenters. The minimum Gasteiger partial charge on any atom is -0.317 e. The van der Waals surface area contributed by atoms with Crippen LogP contribution in [0.3, 0.4) is 0 Å². The molecule has 20 heavy (non-hydrogen) atoms. The van der Waals surface area contributed by atoms with Crippen LogP contribution in [0.1, 0.15) is 24.5 Å². The maximum absolute atomic E-state index is 3.40. The predicted octanol–water partition coefficient (Wildman–Crippen LogP) is 2.22. The van der Waals surface area contributed by atoms with Crippen LogP contribution in [0.15, 0.2) is 24.3 Å². The lowest BCUT2D eigenvalue weighted by molar-refractivity contribution is 0.294. The first kappa shape index (κ1) is 17.2. The van der Waals surface area contributed by atoms with E-state index in [0.29, 0.717) is 0 Å². The van der Waals surface area contributed by atoms with Crippen molar-refractivity contribution in [1.29, 1.82) is 0 Å². The van der Waals surface area contributed by atoms with E-state index in [4.69, 9.17) is 0 Å². The maximum atomic E-state index is 3.40. The number of hydrogen-bond donors (Lipinski definition) is 1. The zero-order valence-electron chi connectivity index (χ0n) is 13.7. The third-order valence-electron chi connectivity index (χ3n) is 3.52. The summed E-state index contributed by atoms with van der Waals surface area (Å²) in [5.41, 5.74) is 2.95. The molecule has 0 saturated heterocycles. The molecule has 0 bridgehead atoms. The Morgan fingerprint density at radius 2 is 1.70 bits per heavy atom. The zero-order chi connectivity index (χ0) is 14.8. The quantitative estimate of drug-likeness (QED) is 0.662. The van der Waals surface area contributed by atoms with E-state index in [2.05, 4.69) is 67.4 Å². The van der Waals surface area contributed by atoms with Crippen LogP contribution < -0.4 is 5.32 Å². The average molecular weight is 277 g/mol. The zero-order valence-corrected chi connectivity index (χ0v) is 13.7.